The Kier molecular flexibility index (Phi) is 3.92. The van der Waals surface area contributed by atoms with Crippen LogP contribution in [-0.2, 0) is 4.79 Å². The molecule has 23 heavy (non-hydrogen) atoms. The number of ether oxygens (including phenoxy) is 1. The van der Waals surface area contributed by atoms with Crippen LogP contribution in [0.15, 0.2) is 51.7 Å². The molecule has 0 N–H and O–H groups in total. The fraction of sp³-hybridized carbons (Fsp3) is 0.111. The molecule has 3 rings (SSSR count). The molecule has 0 amide bonds. The van der Waals surface area contributed by atoms with E-state index in [2.05, 4.69) is 0 Å². The molecule has 0 unspecified atom stereocenters. The lowest BCUT2D eigenvalue weighted by atomic mass is 10.1. The number of carbonyl (C=O) groups is 1. The normalized spacial score (nSPS) is 10.7. The predicted molar refractivity (Wildman–Crippen MR) is 89.0 cm³/mol. The molecule has 0 saturated heterocycles. The van der Waals surface area contributed by atoms with E-state index in [1.54, 1.807) is 36.4 Å². The molecule has 4 nitrogen and oxygen atoms in total. The van der Waals surface area contributed by atoms with Gasteiger partial charge in [-0.05, 0) is 31.2 Å². The number of rotatable bonds is 2. The lowest BCUT2D eigenvalue weighted by Crippen LogP contribution is -2.13. The maximum atomic E-state index is 12.7. The third-order valence-electron chi connectivity index (χ3n) is 3.37. The van der Waals surface area contributed by atoms with E-state index in [1.807, 2.05) is 13.0 Å². The third kappa shape index (κ3) is 2.85. The van der Waals surface area contributed by atoms with E-state index in [0.29, 0.717) is 21.6 Å². The summed E-state index contributed by atoms with van der Waals surface area (Å²) < 4.78 is 11.0. The van der Waals surface area contributed by atoms with Crippen molar-refractivity contribution in [3.63, 3.8) is 0 Å². The minimum Gasteiger partial charge on any atom is -0.452 e. The van der Waals surface area contributed by atoms with Crippen LogP contribution in [0.25, 0.3) is 22.3 Å². The molecule has 5 heteroatoms. The highest BCUT2D eigenvalue weighted by atomic mass is 35.5. The summed E-state index contributed by atoms with van der Waals surface area (Å²) in [6.07, 6.45) is 0. The van der Waals surface area contributed by atoms with Gasteiger partial charge in [0.2, 0.25) is 11.2 Å². The summed E-state index contributed by atoms with van der Waals surface area (Å²) in [6, 6.07) is 12.2. The van der Waals surface area contributed by atoms with Crippen molar-refractivity contribution < 1.29 is 13.9 Å². The second kappa shape index (κ2) is 5.89. The lowest BCUT2D eigenvalue weighted by molar-refractivity contribution is -0.131. The van der Waals surface area contributed by atoms with Gasteiger partial charge in [0.05, 0.1) is 10.4 Å². The van der Waals surface area contributed by atoms with Crippen LogP contribution in [0.1, 0.15) is 12.5 Å². The molecule has 0 fully saturated rings. The highest BCUT2D eigenvalue weighted by molar-refractivity contribution is 6.33. The monoisotopic (exact) mass is 328 g/mol. The molecule has 0 aliphatic carbocycles. The number of hydrogen-bond donors (Lipinski definition) is 0. The summed E-state index contributed by atoms with van der Waals surface area (Å²) >= 11 is 6.19. The Labute approximate surface area is 137 Å². The first-order chi connectivity index (χ1) is 11.0. The molecule has 0 radical (unpaired) electrons. The number of halogens is 1. The highest BCUT2D eigenvalue weighted by Crippen LogP contribution is 2.35. The molecule has 0 aliphatic heterocycles. The predicted octanol–water partition coefficient (Wildman–Crippen LogP) is 4.35. The van der Waals surface area contributed by atoms with Gasteiger partial charge in [-0.15, -0.1) is 0 Å². The standard InChI is InChI=1S/C18H13ClO4/c1-10-7-8-15-13(9-10)16(21)18(22-11(2)20)17(23-15)12-5-3-4-6-14(12)19/h3-9H,1-2H3. The average molecular weight is 329 g/mol. The van der Waals surface area contributed by atoms with E-state index in [-0.39, 0.29) is 11.5 Å². The van der Waals surface area contributed by atoms with E-state index in [0.717, 1.165) is 5.56 Å². The van der Waals surface area contributed by atoms with E-state index in [4.69, 9.17) is 20.8 Å². The van der Waals surface area contributed by atoms with Gasteiger partial charge in [-0.1, -0.05) is 35.4 Å². The Morgan fingerprint density at radius 3 is 2.61 bits per heavy atom. The maximum absolute atomic E-state index is 12.7. The molecule has 0 spiro atoms. The molecule has 1 heterocycles. The zero-order valence-corrected chi connectivity index (χ0v) is 13.3. The van der Waals surface area contributed by atoms with Gasteiger partial charge < -0.3 is 9.15 Å². The van der Waals surface area contributed by atoms with Gasteiger partial charge in [0.1, 0.15) is 5.58 Å². The number of aryl methyl sites for hydroxylation is 1. The first kappa shape index (κ1) is 15.3. The number of esters is 1. The third-order valence-corrected chi connectivity index (χ3v) is 3.70. The SMILES string of the molecule is CC(=O)Oc1c(-c2ccccc2Cl)oc2ccc(C)cc2c1=O. The fourth-order valence-corrected chi connectivity index (χ4v) is 2.57. The summed E-state index contributed by atoms with van der Waals surface area (Å²) in [6.45, 7) is 3.10. The first-order valence-electron chi connectivity index (χ1n) is 6.98. The second-order valence-electron chi connectivity index (χ2n) is 5.16. The second-order valence-corrected chi connectivity index (χ2v) is 5.57. The van der Waals surface area contributed by atoms with Crippen molar-refractivity contribution >= 4 is 28.5 Å². The summed E-state index contributed by atoms with van der Waals surface area (Å²) in [5, 5.41) is 0.757. The van der Waals surface area contributed by atoms with Gasteiger partial charge in [-0.2, -0.15) is 0 Å². The first-order valence-corrected chi connectivity index (χ1v) is 7.36. The summed E-state index contributed by atoms with van der Waals surface area (Å²) in [5.41, 5.74) is 1.40. The van der Waals surface area contributed by atoms with Crippen molar-refractivity contribution in [1.29, 1.82) is 0 Å². The van der Waals surface area contributed by atoms with Crippen molar-refractivity contribution in [3.05, 3.63) is 63.3 Å². The largest absolute Gasteiger partial charge is 0.452 e. The Morgan fingerprint density at radius 2 is 1.91 bits per heavy atom. The molecule has 0 bridgehead atoms. The van der Waals surface area contributed by atoms with E-state index < -0.39 is 11.4 Å². The Morgan fingerprint density at radius 1 is 1.17 bits per heavy atom. The number of carbonyl (C=O) groups excluding carboxylic acids is 1. The van der Waals surface area contributed by atoms with Crippen LogP contribution in [-0.4, -0.2) is 5.97 Å². The molecule has 0 aliphatic rings. The van der Waals surface area contributed by atoms with Crippen molar-refractivity contribution in [1.82, 2.24) is 0 Å². The van der Waals surface area contributed by atoms with Crippen LogP contribution < -0.4 is 10.2 Å². The number of benzene rings is 2. The van der Waals surface area contributed by atoms with Gasteiger partial charge in [-0.25, -0.2) is 0 Å². The molecule has 2 aromatic carbocycles. The van der Waals surface area contributed by atoms with Gasteiger partial charge in [-0.3, -0.25) is 9.59 Å². The van der Waals surface area contributed by atoms with Crippen LogP contribution in [0.5, 0.6) is 5.75 Å². The minimum atomic E-state index is -0.599. The minimum absolute atomic E-state index is 0.146. The highest BCUT2D eigenvalue weighted by Gasteiger charge is 2.20. The Hall–Kier alpha value is -2.59. The smallest absolute Gasteiger partial charge is 0.308 e. The number of fused-ring (bicyclic) bond motifs is 1. The number of hydrogen-bond acceptors (Lipinski definition) is 4. The van der Waals surface area contributed by atoms with Crippen LogP contribution in [0.4, 0.5) is 0 Å². The molecule has 0 saturated carbocycles. The van der Waals surface area contributed by atoms with Crippen molar-refractivity contribution in [2.24, 2.45) is 0 Å². The van der Waals surface area contributed by atoms with Gasteiger partial charge in [0, 0.05) is 12.5 Å². The quantitative estimate of drug-likeness (QED) is 0.656. The molecular weight excluding hydrogens is 316 g/mol. The Bertz CT molecular complexity index is 972. The molecule has 3 aromatic rings. The lowest BCUT2D eigenvalue weighted by Gasteiger charge is -2.10. The topological polar surface area (TPSA) is 56.5 Å². The summed E-state index contributed by atoms with van der Waals surface area (Å²) in [4.78, 5) is 24.1. The summed E-state index contributed by atoms with van der Waals surface area (Å²) in [5.74, 6) is -0.603. The molecular formula is C18H13ClO4. The maximum Gasteiger partial charge on any atom is 0.308 e. The van der Waals surface area contributed by atoms with Crippen LogP contribution in [0.3, 0.4) is 0 Å². The zero-order chi connectivity index (χ0) is 16.6. The Balaban J connectivity index is 2.40. The van der Waals surface area contributed by atoms with E-state index in [9.17, 15) is 9.59 Å². The summed E-state index contributed by atoms with van der Waals surface area (Å²) in [7, 11) is 0. The van der Waals surface area contributed by atoms with Crippen molar-refractivity contribution in [2.75, 3.05) is 0 Å². The van der Waals surface area contributed by atoms with Crippen LogP contribution in [0, 0.1) is 6.92 Å². The average Bonchev–Trinajstić information content (AvgIpc) is 2.51. The van der Waals surface area contributed by atoms with Gasteiger partial charge in [0.25, 0.3) is 0 Å². The zero-order valence-electron chi connectivity index (χ0n) is 12.6. The molecule has 0 atom stereocenters. The molecule has 116 valence electrons. The van der Waals surface area contributed by atoms with Crippen molar-refractivity contribution in [3.8, 4) is 17.1 Å². The van der Waals surface area contributed by atoms with Gasteiger partial charge >= 0.3 is 5.97 Å². The molecule has 1 aromatic heterocycles. The van der Waals surface area contributed by atoms with Crippen LogP contribution >= 0.6 is 11.6 Å². The van der Waals surface area contributed by atoms with Crippen molar-refractivity contribution in [2.45, 2.75) is 13.8 Å². The van der Waals surface area contributed by atoms with Gasteiger partial charge in [0.15, 0.2) is 5.76 Å². The van der Waals surface area contributed by atoms with Crippen LogP contribution in [0.2, 0.25) is 5.02 Å². The fourth-order valence-electron chi connectivity index (χ4n) is 2.35. The van der Waals surface area contributed by atoms with E-state index in [1.165, 1.54) is 6.92 Å². The van der Waals surface area contributed by atoms with E-state index >= 15 is 0 Å².